The highest BCUT2D eigenvalue weighted by molar-refractivity contribution is 5.99. The van der Waals surface area contributed by atoms with Gasteiger partial charge in [0, 0.05) is 11.3 Å². The van der Waals surface area contributed by atoms with Crippen molar-refractivity contribution in [2.24, 2.45) is 4.99 Å². The first-order valence-corrected chi connectivity index (χ1v) is 8.52. The zero-order valence-electron chi connectivity index (χ0n) is 14.9. The smallest absolute Gasteiger partial charge is 0.0849 e. The van der Waals surface area contributed by atoms with E-state index >= 15 is 0 Å². The van der Waals surface area contributed by atoms with E-state index in [0.29, 0.717) is 5.92 Å². The Morgan fingerprint density at radius 3 is 2.32 bits per heavy atom. The van der Waals surface area contributed by atoms with Gasteiger partial charge in [0.2, 0.25) is 0 Å². The van der Waals surface area contributed by atoms with Crippen LogP contribution < -0.4 is 5.73 Å². The summed E-state index contributed by atoms with van der Waals surface area (Å²) in [5, 5.41) is 0. The number of aliphatic imine (C=N–C) groups is 1. The highest BCUT2D eigenvalue weighted by atomic mass is 14.8. The van der Waals surface area contributed by atoms with Crippen molar-refractivity contribution in [2.45, 2.75) is 26.7 Å². The Kier molecular flexibility index (Phi) is 4.94. The molecular weight excluding hydrogens is 306 g/mol. The summed E-state index contributed by atoms with van der Waals surface area (Å²) in [6.07, 6.45) is 0. The van der Waals surface area contributed by atoms with Gasteiger partial charge in [-0.2, -0.15) is 0 Å². The number of hydrogen-bond donors (Lipinski definition) is 1. The second-order valence-corrected chi connectivity index (χ2v) is 6.44. The van der Waals surface area contributed by atoms with Gasteiger partial charge in [0.25, 0.3) is 0 Å². The van der Waals surface area contributed by atoms with Crippen molar-refractivity contribution in [1.29, 1.82) is 0 Å². The third-order valence-electron chi connectivity index (χ3n) is 4.21. The molecule has 0 saturated carbocycles. The largest absolute Gasteiger partial charge is 0.398 e. The maximum atomic E-state index is 6.07. The number of pyridine rings is 1. The van der Waals surface area contributed by atoms with Crippen molar-refractivity contribution in [2.75, 3.05) is 5.73 Å². The van der Waals surface area contributed by atoms with Gasteiger partial charge in [-0.25, -0.2) is 4.98 Å². The van der Waals surface area contributed by atoms with Crippen molar-refractivity contribution in [3.8, 4) is 11.3 Å². The van der Waals surface area contributed by atoms with E-state index in [2.05, 4.69) is 38.1 Å². The van der Waals surface area contributed by atoms with E-state index in [-0.39, 0.29) is 0 Å². The van der Waals surface area contributed by atoms with E-state index in [0.717, 1.165) is 34.0 Å². The number of aromatic nitrogens is 1. The standard InChI is InChI=1S/C22H23N3/c1-15(2)17-11-13-18(14-12-17)24-16(3)21-9-6-10-22(25-21)19-7-4-5-8-20(19)23/h4-15H,23H2,1-3H3. The van der Waals surface area contributed by atoms with Crippen LogP contribution in [0.4, 0.5) is 11.4 Å². The first kappa shape index (κ1) is 16.9. The number of nitrogens with zero attached hydrogens (tertiary/aromatic N) is 2. The molecule has 2 aromatic carbocycles. The van der Waals surface area contributed by atoms with Gasteiger partial charge in [-0.05, 0) is 48.7 Å². The van der Waals surface area contributed by atoms with Crippen LogP contribution in [0.15, 0.2) is 71.7 Å². The summed E-state index contributed by atoms with van der Waals surface area (Å²) >= 11 is 0. The summed E-state index contributed by atoms with van der Waals surface area (Å²) in [7, 11) is 0. The van der Waals surface area contributed by atoms with Crippen LogP contribution >= 0.6 is 0 Å². The SMILES string of the molecule is CC(=Nc1ccc(C(C)C)cc1)c1cccc(-c2ccccc2N)n1. The molecule has 3 aromatic rings. The van der Waals surface area contributed by atoms with E-state index in [1.165, 1.54) is 5.56 Å². The summed E-state index contributed by atoms with van der Waals surface area (Å²) in [4.78, 5) is 9.44. The maximum Gasteiger partial charge on any atom is 0.0849 e. The van der Waals surface area contributed by atoms with Gasteiger partial charge in [0.1, 0.15) is 0 Å². The molecule has 25 heavy (non-hydrogen) atoms. The number of anilines is 1. The van der Waals surface area contributed by atoms with Crippen LogP contribution in [0.25, 0.3) is 11.3 Å². The minimum Gasteiger partial charge on any atom is -0.398 e. The lowest BCUT2D eigenvalue weighted by Crippen LogP contribution is -2.00. The molecule has 3 nitrogen and oxygen atoms in total. The van der Waals surface area contributed by atoms with Gasteiger partial charge in [0.05, 0.1) is 22.8 Å². The van der Waals surface area contributed by atoms with Crippen LogP contribution in [-0.2, 0) is 0 Å². The Labute approximate surface area is 149 Å². The number of hydrogen-bond acceptors (Lipinski definition) is 3. The van der Waals surface area contributed by atoms with Crippen molar-refractivity contribution in [1.82, 2.24) is 4.98 Å². The second kappa shape index (κ2) is 7.31. The van der Waals surface area contributed by atoms with E-state index < -0.39 is 0 Å². The minimum atomic E-state index is 0.522. The van der Waals surface area contributed by atoms with Crippen LogP contribution in [0.5, 0.6) is 0 Å². The molecule has 0 aliphatic heterocycles. The lowest BCUT2D eigenvalue weighted by Gasteiger charge is -2.08. The van der Waals surface area contributed by atoms with Crippen molar-refractivity contribution >= 4 is 17.1 Å². The molecule has 3 rings (SSSR count). The molecule has 0 fully saturated rings. The predicted octanol–water partition coefficient (Wildman–Crippen LogP) is 5.59. The fourth-order valence-corrected chi connectivity index (χ4v) is 2.70. The molecule has 0 radical (unpaired) electrons. The lowest BCUT2D eigenvalue weighted by atomic mass is 10.0. The molecule has 126 valence electrons. The summed E-state index contributed by atoms with van der Waals surface area (Å²) in [6.45, 7) is 6.36. The topological polar surface area (TPSA) is 51.3 Å². The van der Waals surface area contributed by atoms with E-state index in [1.54, 1.807) is 0 Å². The number of benzene rings is 2. The second-order valence-electron chi connectivity index (χ2n) is 6.44. The van der Waals surface area contributed by atoms with Gasteiger partial charge in [-0.15, -0.1) is 0 Å². The number of para-hydroxylation sites is 1. The molecule has 0 aliphatic carbocycles. The molecule has 2 N–H and O–H groups in total. The van der Waals surface area contributed by atoms with E-state index in [4.69, 9.17) is 15.7 Å². The molecular formula is C22H23N3. The molecule has 0 spiro atoms. The number of rotatable bonds is 4. The maximum absolute atomic E-state index is 6.07. The quantitative estimate of drug-likeness (QED) is 0.500. The van der Waals surface area contributed by atoms with Crippen molar-refractivity contribution < 1.29 is 0 Å². The third-order valence-corrected chi connectivity index (χ3v) is 4.21. The average molecular weight is 329 g/mol. The first-order chi connectivity index (χ1) is 12.0. The van der Waals surface area contributed by atoms with Crippen LogP contribution in [0.2, 0.25) is 0 Å². The van der Waals surface area contributed by atoms with E-state index in [1.807, 2.05) is 49.4 Å². The van der Waals surface area contributed by atoms with Crippen LogP contribution in [-0.4, -0.2) is 10.7 Å². The highest BCUT2D eigenvalue weighted by Gasteiger charge is 2.06. The predicted molar refractivity (Wildman–Crippen MR) is 106 cm³/mol. The molecule has 1 heterocycles. The summed E-state index contributed by atoms with van der Waals surface area (Å²) < 4.78 is 0. The number of nitrogen functional groups attached to an aromatic ring is 1. The highest BCUT2D eigenvalue weighted by Crippen LogP contribution is 2.24. The molecule has 0 aliphatic rings. The Bertz CT molecular complexity index is 893. The van der Waals surface area contributed by atoms with Gasteiger partial charge < -0.3 is 5.73 Å². The minimum absolute atomic E-state index is 0.522. The van der Waals surface area contributed by atoms with Crippen molar-refractivity contribution in [3.05, 3.63) is 78.0 Å². The van der Waals surface area contributed by atoms with Crippen LogP contribution in [0.1, 0.15) is 37.9 Å². The van der Waals surface area contributed by atoms with Crippen molar-refractivity contribution in [3.63, 3.8) is 0 Å². The molecule has 0 atom stereocenters. The molecule has 0 amide bonds. The summed E-state index contributed by atoms with van der Waals surface area (Å²) in [6, 6.07) is 22.1. The molecule has 1 aromatic heterocycles. The fourth-order valence-electron chi connectivity index (χ4n) is 2.70. The fraction of sp³-hybridized carbons (Fsp3) is 0.182. The Balaban J connectivity index is 1.91. The van der Waals surface area contributed by atoms with Gasteiger partial charge in [0.15, 0.2) is 0 Å². The van der Waals surface area contributed by atoms with Gasteiger partial charge >= 0.3 is 0 Å². The lowest BCUT2D eigenvalue weighted by molar-refractivity contribution is 0.867. The Morgan fingerprint density at radius 2 is 1.64 bits per heavy atom. The van der Waals surface area contributed by atoms with Gasteiger partial charge in [-0.1, -0.05) is 50.2 Å². The molecule has 0 saturated heterocycles. The van der Waals surface area contributed by atoms with Crippen LogP contribution in [0.3, 0.4) is 0 Å². The first-order valence-electron chi connectivity index (χ1n) is 8.52. The third kappa shape index (κ3) is 3.94. The number of nitrogens with two attached hydrogens (primary N) is 1. The Morgan fingerprint density at radius 1 is 0.920 bits per heavy atom. The zero-order valence-corrected chi connectivity index (χ0v) is 14.9. The Hall–Kier alpha value is -2.94. The zero-order chi connectivity index (χ0) is 17.8. The summed E-state index contributed by atoms with van der Waals surface area (Å²) in [5.74, 6) is 0.522. The molecule has 0 bridgehead atoms. The monoisotopic (exact) mass is 329 g/mol. The normalized spacial score (nSPS) is 11.8. The molecule has 0 unspecified atom stereocenters. The van der Waals surface area contributed by atoms with E-state index in [9.17, 15) is 0 Å². The van der Waals surface area contributed by atoms with Crippen LogP contribution in [0, 0.1) is 0 Å². The summed E-state index contributed by atoms with van der Waals surface area (Å²) in [5.41, 5.74) is 12.6. The average Bonchev–Trinajstić information content (AvgIpc) is 2.62. The van der Waals surface area contributed by atoms with Gasteiger partial charge in [-0.3, -0.25) is 4.99 Å². The molecule has 3 heteroatoms.